The van der Waals surface area contributed by atoms with Crippen LogP contribution in [0.2, 0.25) is 0 Å². The first-order valence-corrected chi connectivity index (χ1v) is 12.5. The second kappa shape index (κ2) is 10.9. The van der Waals surface area contributed by atoms with Gasteiger partial charge in [0.15, 0.2) is 16.7 Å². The van der Waals surface area contributed by atoms with Gasteiger partial charge in [-0.3, -0.25) is 4.79 Å². The fraction of sp³-hybridized carbons (Fsp3) is 0.214. The third-order valence-electron chi connectivity index (χ3n) is 6.08. The van der Waals surface area contributed by atoms with Gasteiger partial charge in [-0.2, -0.15) is 4.99 Å². The summed E-state index contributed by atoms with van der Waals surface area (Å²) in [5.41, 5.74) is 2.51. The van der Waals surface area contributed by atoms with Crippen molar-refractivity contribution < 1.29 is 18.7 Å². The van der Waals surface area contributed by atoms with E-state index in [9.17, 15) is 9.18 Å². The van der Waals surface area contributed by atoms with Crippen LogP contribution in [0, 0.1) is 5.82 Å². The minimum atomic E-state index is -0.255. The van der Waals surface area contributed by atoms with E-state index in [0.29, 0.717) is 60.0 Å². The van der Waals surface area contributed by atoms with Gasteiger partial charge in [0.05, 0.1) is 17.7 Å². The monoisotopic (exact) mass is 503 g/mol. The Morgan fingerprint density at radius 3 is 2.42 bits per heavy atom. The lowest BCUT2D eigenvalue weighted by Gasteiger charge is -2.36. The molecule has 1 amide bonds. The van der Waals surface area contributed by atoms with Crippen LogP contribution in [0.3, 0.4) is 0 Å². The van der Waals surface area contributed by atoms with Crippen molar-refractivity contribution in [3.8, 4) is 11.5 Å². The van der Waals surface area contributed by atoms with Crippen LogP contribution in [-0.4, -0.2) is 49.3 Å². The molecule has 0 radical (unpaired) electrons. The zero-order chi connectivity index (χ0) is 24.9. The number of anilines is 1. The fourth-order valence-corrected chi connectivity index (χ4v) is 5.12. The average Bonchev–Trinajstić information content (AvgIpc) is 3.28. The number of amides is 1. The Labute approximate surface area is 214 Å². The van der Waals surface area contributed by atoms with Gasteiger partial charge in [0.25, 0.3) is 5.91 Å². The molecule has 5 rings (SSSR count). The maximum atomic E-state index is 14.1. The Morgan fingerprint density at radius 2 is 1.67 bits per heavy atom. The fourth-order valence-electron chi connectivity index (χ4n) is 4.16. The molecular weight excluding hydrogens is 477 g/mol. The normalized spacial score (nSPS) is 16.9. The van der Waals surface area contributed by atoms with Gasteiger partial charge < -0.3 is 19.3 Å². The second-order valence-electron chi connectivity index (χ2n) is 8.42. The molecule has 36 heavy (non-hydrogen) atoms. The van der Waals surface area contributed by atoms with Crippen molar-refractivity contribution >= 4 is 34.6 Å². The minimum absolute atomic E-state index is 0.217. The van der Waals surface area contributed by atoms with E-state index in [1.165, 1.54) is 17.8 Å². The van der Waals surface area contributed by atoms with Gasteiger partial charge in [-0.1, -0.05) is 48.5 Å². The summed E-state index contributed by atoms with van der Waals surface area (Å²) < 4.78 is 25.6. The standard InChI is InChI=1S/C28H26FN3O3S/c1-34-25-17-21(11-12-24(25)35-19-20-7-3-2-4-8-20)18-26-27(33)30-28(36-26)32-15-13-31(14-16-32)23-10-6-5-9-22(23)29/h2-12,17-18H,13-16,19H2,1H3. The number of thioether (sulfide) groups is 1. The molecule has 3 aromatic carbocycles. The number of methoxy groups -OCH3 is 1. The Kier molecular flexibility index (Phi) is 7.23. The van der Waals surface area contributed by atoms with Gasteiger partial charge in [0, 0.05) is 26.2 Å². The molecule has 0 atom stereocenters. The van der Waals surface area contributed by atoms with Crippen molar-refractivity contribution in [2.75, 3.05) is 38.2 Å². The van der Waals surface area contributed by atoms with Crippen LogP contribution in [0.1, 0.15) is 11.1 Å². The second-order valence-corrected chi connectivity index (χ2v) is 9.43. The molecule has 184 valence electrons. The number of carbonyl (C=O) groups is 1. The third-order valence-corrected chi connectivity index (χ3v) is 7.12. The van der Waals surface area contributed by atoms with Gasteiger partial charge in [-0.15, -0.1) is 0 Å². The molecule has 0 unspecified atom stereocenters. The largest absolute Gasteiger partial charge is 0.493 e. The number of benzene rings is 3. The highest BCUT2D eigenvalue weighted by molar-refractivity contribution is 8.18. The van der Waals surface area contributed by atoms with E-state index >= 15 is 0 Å². The van der Waals surface area contributed by atoms with E-state index < -0.39 is 0 Å². The molecular formula is C28H26FN3O3S. The molecule has 2 heterocycles. The Hall–Kier alpha value is -3.78. The zero-order valence-electron chi connectivity index (χ0n) is 19.9. The van der Waals surface area contributed by atoms with Crippen molar-refractivity contribution in [2.24, 2.45) is 4.99 Å². The highest BCUT2D eigenvalue weighted by Crippen LogP contribution is 2.34. The Bertz CT molecular complexity index is 1300. The van der Waals surface area contributed by atoms with E-state index in [0.717, 1.165) is 11.1 Å². The summed E-state index contributed by atoms with van der Waals surface area (Å²) in [6.07, 6.45) is 1.82. The maximum Gasteiger partial charge on any atom is 0.286 e. The van der Waals surface area contributed by atoms with Crippen molar-refractivity contribution in [1.29, 1.82) is 0 Å². The zero-order valence-corrected chi connectivity index (χ0v) is 20.7. The molecule has 3 aromatic rings. The van der Waals surface area contributed by atoms with E-state index in [2.05, 4.69) is 9.89 Å². The molecule has 2 aliphatic heterocycles. The van der Waals surface area contributed by atoms with Crippen LogP contribution in [-0.2, 0) is 11.4 Å². The van der Waals surface area contributed by atoms with E-state index in [4.69, 9.17) is 9.47 Å². The number of aliphatic imine (C=N–C) groups is 1. The summed E-state index contributed by atoms with van der Waals surface area (Å²) in [6, 6.07) is 22.3. The third kappa shape index (κ3) is 5.39. The van der Waals surface area contributed by atoms with Gasteiger partial charge >= 0.3 is 0 Å². The van der Waals surface area contributed by atoms with Crippen molar-refractivity contribution in [2.45, 2.75) is 6.61 Å². The molecule has 0 aliphatic carbocycles. The van der Waals surface area contributed by atoms with E-state index in [1.54, 1.807) is 19.2 Å². The van der Waals surface area contributed by atoms with E-state index in [1.807, 2.05) is 65.6 Å². The van der Waals surface area contributed by atoms with Crippen LogP contribution in [0.4, 0.5) is 10.1 Å². The predicted octanol–water partition coefficient (Wildman–Crippen LogP) is 5.21. The molecule has 0 bridgehead atoms. The Balaban J connectivity index is 1.22. The lowest BCUT2D eigenvalue weighted by atomic mass is 10.2. The highest BCUT2D eigenvalue weighted by Gasteiger charge is 2.29. The van der Waals surface area contributed by atoms with Crippen molar-refractivity contribution in [3.63, 3.8) is 0 Å². The number of halogens is 1. The lowest BCUT2D eigenvalue weighted by Crippen LogP contribution is -2.48. The highest BCUT2D eigenvalue weighted by atomic mass is 32.2. The molecule has 0 spiro atoms. The van der Waals surface area contributed by atoms with Crippen LogP contribution < -0.4 is 14.4 Å². The summed E-state index contributed by atoms with van der Waals surface area (Å²) in [4.78, 5) is 21.6. The number of piperazine rings is 1. The van der Waals surface area contributed by atoms with Crippen molar-refractivity contribution in [3.05, 3.63) is 94.6 Å². The van der Waals surface area contributed by atoms with Crippen LogP contribution in [0.5, 0.6) is 11.5 Å². The SMILES string of the molecule is COc1cc(C=C2SC(N3CCN(c4ccccc4F)CC3)=NC2=O)ccc1OCc1ccccc1. The van der Waals surface area contributed by atoms with Gasteiger partial charge in [-0.25, -0.2) is 4.39 Å². The summed E-state index contributed by atoms with van der Waals surface area (Å²) in [5.74, 6) is 0.764. The molecule has 1 saturated heterocycles. The molecule has 0 saturated carbocycles. The number of amidine groups is 1. The number of ether oxygens (including phenoxy) is 2. The van der Waals surface area contributed by atoms with Gasteiger partial charge in [0.1, 0.15) is 12.4 Å². The number of carbonyl (C=O) groups excluding carboxylic acids is 1. The Morgan fingerprint density at radius 1 is 0.944 bits per heavy atom. The number of para-hydroxylation sites is 1. The first-order chi connectivity index (χ1) is 17.6. The molecule has 2 aliphatic rings. The first kappa shape index (κ1) is 23.9. The minimum Gasteiger partial charge on any atom is -0.493 e. The topological polar surface area (TPSA) is 54.4 Å². The number of nitrogens with zero attached hydrogens (tertiary/aromatic N) is 3. The van der Waals surface area contributed by atoms with Gasteiger partial charge in [-0.05, 0) is 53.2 Å². The van der Waals surface area contributed by atoms with Crippen LogP contribution in [0.25, 0.3) is 6.08 Å². The molecule has 8 heteroatoms. The summed E-state index contributed by atoms with van der Waals surface area (Å²) in [5, 5.41) is 0.689. The summed E-state index contributed by atoms with van der Waals surface area (Å²) in [6.45, 7) is 3.10. The number of rotatable bonds is 6. The number of hydrogen-bond acceptors (Lipinski definition) is 6. The summed E-state index contributed by atoms with van der Waals surface area (Å²) in [7, 11) is 1.60. The molecule has 0 aromatic heterocycles. The van der Waals surface area contributed by atoms with Crippen LogP contribution in [0.15, 0.2) is 82.7 Å². The molecule has 6 nitrogen and oxygen atoms in total. The van der Waals surface area contributed by atoms with Crippen LogP contribution >= 0.6 is 11.8 Å². The molecule has 0 N–H and O–H groups in total. The number of hydrogen-bond donors (Lipinski definition) is 0. The first-order valence-electron chi connectivity index (χ1n) is 11.7. The summed E-state index contributed by atoms with van der Waals surface area (Å²) >= 11 is 1.37. The van der Waals surface area contributed by atoms with Gasteiger partial charge in [0.2, 0.25) is 0 Å². The van der Waals surface area contributed by atoms with E-state index in [-0.39, 0.29) is 11.7 Å². The predicted molar refractivity (Wildman–Crippen MR) is 142 cm³/mol. The lowest BCUT2D eigenvalue weighted by molar-refractivity contribution is -0.113. The smallest absolute Gasteiger partial charge is 0.286 e. The van der Waals surface area contributed by atoms with Crippen molar-refractivity contribution in [1.82, 2.24) is 4.90 Å². The average molecular weight is 504 g/mol. The quantitative estimate of drug-likeness (QED) is 0.431. The maximum absolute atomic E-state index is 14.1. The molecule has 1 fully saturated rings.